The zero-order valence-electron chi connectivity index (χ0n) is 22.3. The number of rotatable bonds is 8. The molecular formula is C23H28N6O7S2. The predicted octanol–water partition coefficient (Wildman–Crippen LogP) is 2.59. The van der Waals surface area contributed by atoms with Gasteiger partial charge in [0.25, 0.3) is 11.8 Å². The lowest BCUT2D eigenvalue weighted by Crippen LogP contribution is -2.15. The van der Waals surface area contributed by atoms with Crippen molar-refractivity contribution in [2.24, 2.45) is 0 Å². The maximum Gasteiger partial charge on any atom is 0.265 e. The van der Waals surface area contributed by atoms with E-state index in [1.165, 1.54) is 13.8 Å². The molecule has 15 heteroatoms. The van der Waals surface area contributed by atoms with E-state index in [1.807, 2.05) is 13.8 Å². The van der Waals surface area contributed by atoms with Crippen LogP contribution in [0, 0.1) is 27.7 Å². The second-order valence-electron chi connectivity index (χ2n) is 8.96. The van der Waals surface area contributed by atoms with Crippen molar-refractivity contribution in [3.8, 4) is 23.2 Å². The van der Waals surface area contributed by atoms with Gasteiger partial charge in [-0.25, -0.2) is 24.8 Å². The third-order valence-corrected chi connectivity index (χ3v) is 8.50. The summed E-state index contributed by atoms with van der Waals surface area (Å²) in [5.74, 6) is -0.0642. The van der Waals surface area contributed by atoms with Gasteiger partial charge in [-0.1, -0.05) is 13.8 Å². The molecule has 38 heavy (non-hydrogen) atoms. The SMILES string of the molecule is CCc1nnc(-c2c(C)c(C(=O)c3c(C)c(-c4nnc(CC)o4)n(S(C)(=O)=O)c3C)c(C)n2S(C)(=O)=O)o1. The third-order valence-electron chi connectivity index (χ3n) is 6.26. The highest BCUT2D eigenvalue weighted by Crippen LogP contribution is 2.37. The number of aryl methyl sites for hydroxylation is 2. The molecule has 0 atom stereocenters. The van der Waals surface area contributed by atoms with Gasteiger partial charge in [0.2, 0.25) is 31.8 Å². The van der Waals surface area contributed by atoms with Crippen LogP contribution in [0.5, 0.6) is 0 Å². The summed E-state index contributed by atoms with van der Waals surface area (Å²) >= 11 is 0. The second-order valence-corrected chi connectivity index (χ2v) is 12.6. The van der Waals surface area contributed by atoms with E-state index in [0.29, 0.717) is 35.7 Å². The van der Waals surface area contributed by atoms with E-state index in [9.17, 15) is 21.6 Å². The summed E-state index contributed by atoms with van der Waals surface area (Å²) in [7, 11) is -7.83. The van der Waals surface area contributed by atoms with E-state index in [2.05, 4.69) is 20.4 Å². The molecule has 0 radical (unpaired) electrons. The number of nitrogens with zero attached hydrogens (tertiary/aromatic N) is 6. The molecule has 0 saturated carbocycles. The maximum absolute atomic E-state index is 14.2. The highest BCUT2D eigenvalue weighted by atomic mass is 32.2. The van der Waals surface area contributed by atoms with E-state index in [4.69, 9.17) is 8.83 Å². The van der Waals surface area contributed by atoms with Gasteiger partial charge in [0.1, 0.15) is 11.4 Å². The van der Waals surface area contributed by atoms with Gasteiger partial charge in [-0.2, -0.15) is 0 Å². The Kier molecular flexibility index (Phi) is 6.72. The van der Waals surface area contributed by atoms with Crippen molar-refractivity contribution in [2.75, 3.05) is 12.5 Å². The van der Waals surface area contributed by atoms with Crippen LogP contribution in [-0.2, 0) is 32.9 Å². The van der Waals surface area contributed by atoms with Gasteiger partial charge in [-0.3, -0.25) is 4.79 Å². The third kappa shape index (κ3) is 4.28. The minimum Gasteiger partial charge on any atom is -0.419 e. The van der Waals surface area contributed by atoms with Gasteiger partial charge in [0.05, 0.1) is 12.5 Å². The Morgan fingerprint density at radius 2 is 1.03 bits per heavy atom. The number of carbonyl (C=O) groups is 1. The Morgan fingerprint density at radius 3 is 1.29 bits per heavy atom. The van der Waals surface area contributed by atoms with Crippen LogP contribution >= 0.6 is 0 Å². The highest BCUT2D eigenvalue weighted by molar-refractivity contribution is 7.89. The van der Waals surface area contributed by atoms with Crippen molar-refractivity contribution in [1.29, 1.82) is 0 Å². The first-order valence-corrected chi connectivity index (χ1v) is 15.4. The highest BCUT2D eigenvalue weighted by Gasteiger charge is 2.35. The fourth-order valence-electron chi connectivity index (χ4n) is 4.72. The maximum atomic E-state index is 14.2. The molecule has 0 amide bonds. The summed E-state index contributed by atoms with van der Waals surface area (Å²) in [6, 6.07) is 0. The van der Waals surface area contributed by atoms with Crippen LogP contribution in [0.4, 0.5) is 0 Å². The fourth-order valence-corrected chi connectivity index (χ4v) is 7.00. The molecule has 0 unspecified atom stereocenters. The minimum atomic E-state index is -3.91. The van der Waals surface area contributed by atoms with Gasteiger partial charge in [0, 0.05) is 35.4 Å². The monoisotopic (exact) mass is 564 g/mol. The van der Waals surface area contributed by atoms with Gasteiger partial charge in [-0.15, -0.1) is 20.4 Å². The van der Waals surface area contributed by atoms with Crippen molar-refractivity contribution in [2.45, 2.75) is 54.4 Å². The van der Waals surface area contributed by atoms with Crippen LogP contribution in [-0.4, -0.2) is 63.5 Å². The normalized spacial score (nSPS) is 12.4. The van der Waals surface area contributed by atoms with E-state index >= 15 is 0 Å². The Balaban J connectivity index is 2.04. The summed E-state index contributed by atoms with van der Waals surface area (Å²) < 4.78 is 64.6. The van der Waals surface area contributed by atoms with Crippen LogP contribution in [0.1, 0.15) is 64.1 Å². The van der Waals surface area contributed by atoms with Crippen molar-refractivity contribution in [1.82, 2.24) is 28.3 Å². The summed E-state index contributed by atoms with van der Waals surface area (Å²) in [6.07, 6.45) is 2.88. The molecule has 0 aliphatic carbocycles. The summed E-state index contributed by atoms with van der Waals surface area (Å²) in [5.41, 5.74) is 1.13. The lowest BCUT2D eigenvalue weighted by Gasteiger charge is -2.08. The van der Waals surface area contributed by atoms with Gasteiger partial charge >= 0.3 is 0 Å². The number of ketones is 1. The Bertz CT molecular complexity index is 1670. The zero-order chi connectivity index (χ0) is 28.3. The number of carbonyl (C=O) groups excluding carboxylic acids is 1. The van der Waals surface area contributed by atoms with Gasteiger partial charge < -0.3 is 8.83 Å². The zero-order valence-corrected chi connectivity index (χ0v) is 23.9. The van der Waals surface area contributed by atoms with E-state index in [-0.39, 0.29) is 45.7 Å². The van der Waals surface area contributed by atoms with Crippen molar-refractivity contribution in [3.63, 3.8) is 0 Å². The van der Waals surface area contributed by atoms with E-state index in [0.717, 1.165) is 20.5 Å². The molecule has 0 bridgehead atoms. The summed E-state index contributed by atoms with van der Waals surface area (Å²) in [6.45, 7) is 9.76. The molecule has 4 aromatic heterocycles. The first kappa shape index (κ1) is 27.4. The lowest BCUT2D eigenvalue weighted by atomic mass is 9.96. The van der Waals surface area contributed by atoms with Crippen LogP contribution in [0.3, 0.4) is 0 Å². The Labute approximate surface area is 220 Å². The average Bonchev–Trinajstić information content (AvgIpc) is 3.56. The molecule has 0 saturated heterocycles. The number of hydrogen-bond acceptors (Lipinski definition) is 11. The molecule has 0 fully saturated rings. The Morgan fingerprint density at radius 1 is 0.684 bits per heavy atom. The predicted molar refractivity (Wildman–Crippen MR) is 137 cm³/mol. The molecule has 13 nitrogen and oxygen atoms in total. The molecule has 4 heterocycles. The second kappa shape index (κ2) is 9.31. The molecular weight excluding hydrogens is 536 g/mol. The molecule has 4 aromatic rings. The lowest BCUT2D eigenvalue weighted by molar-refractivity contribution is 0.103. The first-order chi connectivity index (χ1) is 17.6. The smallest absolute Gasteiger partial charge is 0.265 e. The molecule has 204 valence electrons. The van der Waals surface area contributed by atoms with Crippen LogP contribution in [0.2, 0.25) is 0 Å². The molecule has 0 aromatic carbocycles. The molecule has 0 aliphatic heterocycles. The van der Waals surface area contributed by atoms with Gasteiger partial charge in [-0.05, 0) is 38.8 Å². The van der Waals surface area contributed by atoms with E-state index in [1.54, 1.807) is 13.8 Å². The first-order valence-electron chi connectivity index (χ1n) is 11.7. The standard InChI is InChI=1S/C23H28N6O7S2/c1-9-15-24-26-22(35-15)19-11(3)17(13(5)28(19)37(7,31)32)21(30)18-12(4)20(23-27-25-16(10-2)36-23)29(14(18)6)38(8,33)34/h9-10H2,1-8H3. The topological polar surface area (TPSA) is 173 Å². The van der Waals surface area contributed by atoms with Crippen LogP contribution in [0.15, 0.2) is 8.83 Å². The number of hydrogen-bond donors (Lipinski definition) is 0. The van der Waals surface area contributed by atoms with Gasteiger partial charge in [0.15, 0.2) is 5.78 Å². The van der Waals surface area contributed by atoms with Crippen molar-refractivity contribution >= 4 is 25.8 Å². The summed E-state index contributed by atoms with van der Waals surface area (Å²) in [5, 5.41) is 15.8. The van der Waals surface area contributed by atoms with Crippen molar-refractivity contribution in [3.05, 3.63) is 45.4 Å². The molecule has 0 spiro atoms. The molecule has 0 aliphatic rings. The Hall–Kier alpha value is -3.59. The quantitative estimate of drug-likeness (QED) is 0.288. The fraction of sp³-hybridized carbons (Fsp3) is 0.435. The van der Waals surface area contributed by atoms with Crippen LogP contribution < -0.4 is 0 Å². The molecule has 4 rings (SSSR count). The average molecular weight is 565 g/mol. The van der Waals surface area contributed by atoms with Crippen LogP contribution in [0.25, 0.3) is 23.2 Å². The van der Waals surface area contributed by atoms with E-state index < -0.39 is 25.8 Å². The summed E-state index contributed by atoms with van der Waals surface area (Å²) in [4.78, 5) is 14.2. The largest absolute Gasteiger partial charge is 0.419 e. The molecule has 0 N–H and O–H groups in total. The van der Waals surface area contributed by atoms with Crippen molar-refractivity contribution < 1.29 is 30.5 Å². The number of aromatic nitrogens is 6. The minimum absolute atomic E-state index is 0.0484.